The fourth-order valence-electron chi connectivity index (χ4n) is 4.18. The summed E-state index contributed by atoms with van der Waals surface area (Å²) in [6, 6.07) is 8.21. The van der Waals surface area contributed by atoms with Crippen LogP contribution in [-0.2, 0) is 22.7 Å². The Hall–Kier alpha value is -4.41. The van der Waals surface area contributed by atoms with Crippen LogP contribution in [0.25, 0.3) is 5.69 Å². The summed E-state index contributed by atoms with van der Waals surface area (Å²) in [4.78, 5) is 54.6. The molecule has 2 N–H and O–H groups in total. The third kappa shape index (κ3) is 4.03. The van der Waals surface area contributed by atoms with Crippen molar-refractivity contribution in [3.63, 3.8) is 0 Å². The number of nitrogens with one attached hydrogen (secondary N) is 2. The zero-order valence-electron chi connectivity index (χ0n) is 18.3. The zero-order valence-corrected chi connectivity index (χ0v) is 18.3. The van der Waals surface area contributed by atoms with Gasteiger partial charge in [0.2, 0.25) is 11.8 Å². The van der Waals surface area contributed by atoms with E-state index in [9.17, 15) is 19.2 Å². The minimum absolute atomic E-state index is 0.160. The summed E-state index contributed by atoms with van der Waals surface area (Å²) in [6.07, 6.45) is 3.71. The molecule has 4 heterocycles. The number of carbonyl (C=O) groups is 4. The Morgan fingerprint density at radius 2 is 2.06 bits per heavy atom. The Kier molecular flexibility index (Phi) is 5.36. The van der Waals surface area contributed by atoms with Gasteiger partial charge in [-0.15, -0.1) is 5.10 Å². The summed E-state index contributed by atoms with van der Waals surface area (Å²) >= 11 is 0. The largest absolute Gasteiger partial charge is 0.347 e. The molecule has 1 atom stereocenters. The first-order valence-corrected chi connectivity index (χ1v) is 10.8. The zero-order chi connectivity index (χ0) is 23.8. The number of aromatic nitrogens is 4. The van der Waals surface area contributed by atoms with Crippen LogP contribution in [0.5, 0.6) is 0 Å². The van der Waals surface area contributed by atoms with Gasteiger partial charge < -0.3 is 10.2 Å². The van der Waals surface area contributed by atoms with Crippen LogP contribution < -0.4 is 10.6 Å². The first-order chi connectivity index (χ1) is 16.4. The van der Waals surface area contributed by atoms with Crippen LogP contribution in [0.1, 0.15) is 50.5 Å². The second kappa shape index (κ2) is 8.50. The molecule has 4 amide bonds. The number of nitrogens with zero attached hydrogens (tertiary/aromatic N) is 5. The molecule has 1 fully saturated rings. The van der Waals surface area contributed by atoms with Gasteiger partial charge in [-0.3, -0.25) is 29.5 Å². The summed E-state index contributed by atoms with van der Waals surface area (Å²) < 4.78 is 1.46. The van der Waals surface area contributed by atoms with E-state index in [0.29, 0.717) is 24.2 Å². The van der Waals surface area contributed by atoms with E-state index in [1.165, 1.54) is 15.8 Å². The summed E-state index contributed by atoms with van der Waals surface area (Å²) in [5.41, 5.74) is 3.82. The highest BCUT2D eigenvalue weighted by Gasteiger charge is 2.39. The second-order valence-corrected chi connectivity index (χ2v) is 8.28. The van der Waals surface area contributed by atoms with E-state index in [1.807, 2.05) is 19.1 Å². The monoisotopic (exact) mass is 459 g/mol. The van der Waals surface area contributed by atoms with E-state index in [1.54, 1.807) is 24.4 Å². The number of hydrogen-bond acceptors (Lipinski definition) is 7. The highest BCUT2D eigenvalue weighted by Crippen LogP contribution is 2.29. The number of benzene rings is 1. The molecular formula is C23H21N7O4. The van der Waals surface area contributed by atoms with E-state index >= 15 is 0 Å². The van der Waals surface area contributed by atoms with Crippen LogP contribution in [0.3, 0.4) is 0 Å². The maximum absolute atomic E-state index is 12.8. The highest BCUT2D eigenvalue weighted by atomic mass is 16.2. The Morgan fingerprint density at radius 1 is 1.21 bits per heavy atom. The van der Waals surface area contributed by atoms with Crippen LogP contribution in [-0.4, -0.2) is 54.5 Å². The molecule has 2 aliphatic heterocycles. The molecule has 1 aromatic carbocycles. The van der Waals surface area contributed by atoms with Gasteiger partial charge in [-0.05, 0) is 54.8 Å². The van der Waals surface area contributed by atoms with Gasteiger partial charge in [0, 0.05) is 37.0 Å². The Balaban J connectivity index is 1.29. The molecule has 2 aromatic heterocycles. The van der Waals surface area contributed by atoms with Gasteiger partial charge in [0.05, 0.1) is 11.9 Å². The maximum atomic E-state index is 12.8. The number of piperidine rings is 1. The molecule has 172 valence electrons. The van der Waals surface area contributed by atoms with Crippen molar-refractivity contribution in [1.29, 1.82) is 0 Å². The molecule has 0 radical (unpaired) electrons. The smallest absolute Gasteiger partial charge is 0.273 e. The maximum Gasteiger partial charge on any atom is 0.273 e. The lowest BCUT2D eigenvalue weighted by Gasteiger charge is -2.29. The van der Waals surface area contributed by atoms with E-state index in [0.717, 1.165) is 16.8 Å². The van der Waals surface area contributed by atoms with E-state index in [4.69, 9.17) is 0 Å². The number of fused-ring (bicyclic) bond motifs is 1. The van der Waals surface area contributed by atoms with Gasteiger partial charge in [0.1, 0.15) is 6.04 Å². The van der Waals surface area contributed by atoms with E-state index in [2.05, 4.69) is 25.9 Å². The van der Waals surface area contributed by atoms with Crippen LogP contribution >= 0.6 is 0 Å². The fraction of sp³-hybridized carbons (Fsp3) is 0.261. The average Bonchev–Trinajstić information content (AvgIpc) is 3.43. The van der Waals surface area contributed by atoms with Gasteiger partial charge in [-0.25, -0.2) is 4.68 Å². The number of pyridine rings is 1. The molecular weight excluding hydrogens is 438 g/mol. The van der Waals surface area contributed by atoms with Crippen LogP contribution in [0, 0.1) is 6.92 Å². The predicted molar refractivity (Wildman–Crippen MR) is 118 cm³/mol. The number of imide groups is 1. The number of rotatable bonds is 5. The Bertz CT molecular complexity index is 1330. The fourth-order valence-corrected chi connectivity index (χ4v) is 4.18. The average molecular weight is 459 g/mol. The third-order valence-corrected chi connectivity index (χ3v) is 5.91. The standard InChI is InChI=1S/C23H21N7O4/c1-13-8-14(6-7-24-13)10-25-21(32)18-12-30(28-27-18)16-2-3-17-15(9-16)11-29(23(17)34)19-4-5-20(31)26-22(19)33/h2-3,6-9,12,19H,4-5,10-11H2,1H3,(H,25,32)(H,26,31,33). The summed E-state index contributed by atoms with van der Waals surface area (Å²) in [7, 11) is 0. The van der Waals surface area contributed by atoms with Crippen molar-refractivity contribution < 1.29 is 19.2 Å². The number of carbonyl (C=O) groups excluding carboxylic acids is 4. The SMILES string of the molecule is Cc1cc(CNC(=O)c2cn(-c3ccc4c(c3)CN(C3CCC(=O)NC3=O)C4=O)nn2)ccn1. The van der Waals surface area contributed by atoms with Crippen molar-refractivity contribution in [3.05, 3.63) is 70.8 Å². The van der Waals surface area contributed by atoms with Gasteiger partial charge in [-0.1, -0.05) is 5.21 Å². The van der Waals surface area contributed by atoms with Crippen LogP contribution in [0.2, 0.25) is 0 Å². The highest BCUT2D eigenvalue weighted by molar-refractivity contribution is 6.05. The van der Waals surface area contributed by atoms with Gasteiger partial charge in [-0.2, -0.15) is 0 Å². The molecule has 1 saturated heterocycles. The summed E-state index contributed by atoms with van der Waals surface area (Å²) in [5, 5.41) is 13.1. The topological polar surface area (TPSA) is 139 Å². The van der Waals surface area contributed by atoms with Gasteiger partial charge >= 0.3 is 0 Å². The quantitative estimate of drug-likeness (QED) is 0.534. The molecule has 2 aliphatic rings. The normalized spacial score (nSPS) is 17.5. The lowest BCUT2D eigenvalue weighted by atomic mass is 10.0. The molecule has 11 heteroatoms. The summed E-state index contributed by atoms with van der Waals surface area (Å²) in [6.45, 7) is 2.47. The number of aryl methyl sites for hydroxylation is 1. The minimum Gasteiger partial charge on any atom is -0.347 e. The van der Waals surface area contributed by atoms with Gasteiger partial charge in [0.15, 0.2) is 5.69 Å². The summed E-state index contributed by atoms with van der Waals surface area (Å²) in [5.74, 6) is -1.39. The molecule has 5 rings (SSSR count). The lowest BCUT2D eigenvalue weighted by molar-refractivity contribution is -0.136. The van der Waals surface area contributed by atoms with E-state index < -0.39 is 11.9 Å². The Labute approximate surface area is 194 Å². The number of amides is 4. The van der Waals surface area contributed by atoms with Crippen molar-refractivity contribution in [2.24, 2.45) is 0 Å². The molecule has 0 spiro atoms. The molecule has 3 aromatic rings. The first kappa shape index (κ1) is 21.4. The minimum atomic E-state index is -0.674. The second-order valence-electron chi connectivity index (χ2n) is 8.28. The predicted octanol–water partition coefficient (Wildman–Crippen LogP) is 0.662. The molecule has 34 heavy (non-hydrogen) atoms. The van der Waals surface area contributed by atoms with E-state index in [-0.39, 0.29) is 36.4 Å². The lowest BCUT2D eigenvalue weighted by Crippen LogP contribution is -2.52. The third-order valence-electron chi connectivity index (χ3n) is 5.91. The van der Waals surface area contributed by atoms with Crippen LogP contribution in [0.15, 0.2) is 42.7 Å². The van der Waals surface area contributed by atoms with Crippen molar-refractivity contribution in [1.82, 2.24) is 35.5 Å². The Morgan fingerprint density at radius 3 is 2.85 bits per heavy atom. The number of hydrogen-bond donors (Lipinski definition) is 2. The van der Waals surface area contributed by atoms with Crippen molar-refractivity contribution in [2.75, 3.05) is 0 Å². The van der Waals surface area contributed by atoms with Crippen molar-refractivity contribution in [2.45, 2.75) is 38.9 Å². The molecule has 0 bridgehead atoms. The molecule has 0 saturated carbocycles. The molecule has 11 nitrogen and oxygen atoms in total. The van der Waals surface area contributed by atoms with Crippen LogP contribution in [0.4, 0.5) is 0 Å². The van der Waals surface area contributed by atoms with Gasteiger partial charge in [0.25, 0.3) is 11.8 Å². The molecule has 0 aliphatic carbocycles. The van der Waals surface area contributed by atoms with Crippen molar-refractivity contribution in [3.8, 4) is 5.69 Å². The molecule has 1 unspecified atom stereocenters. The first-order valence-electron chi connectivity index (χ1n) is 10.8. The van der Waals surface area contributed by atoms with Crippen molar-refractivity contribution >= 4 is 23.6 Å².